The van der Waals surface area contributed by atoms with Gasteiger partial charge in [0.25, 0.3) is 0 Å². The molecule has 0 radical (unpaired) electrons. The molecule has 0 aliphatic rings. The summed E-state index contributed by atoms with van der Waals surface area (Å²) >= 11 is 0. The number of aromatic nitrogens is 1. The van der Waals surface area contributed by atoms with Gasteiger partial charge in [0.05, 0.1) is 18.3 Å². The van der Waals surface area contributed by atoms with Gasteiger partial charge >= 0.3 is 0 Å². The van der Waals surface area contributed by atoms with Crippen molar-refractivity contribution in [1.29, 1.82) is 0 Å². The maximum absolute atomic E-state index is 5.42. The van der Waals surface area contributed by atoms with Crippen molar-refractivity contribution in [2.45, 2.75) is 26.5 Å². The average Bonchev–Trinajstić information content (AvgIpc) is 2.04. The lowest BCUT2D eigenvalue weighted by Gasteiger charge is -2.09. The van der Waals surface area contributed by atoms with E-state index in [1.807, 2.05) is 32.0 Å². The van der Waals surface area contributed by atoms with E-state index in [1.54, 1.807) is 0 Å². The first-order valence-electron chi connectivity index (χ1n) is 4.28. The molecule has 0 fully saturated rings. The minimum atomic E-state index is 0.147. The Kier molecular flexibility index (Phi) is 3.67. The Morgan fingerprint density at radius 1 is 1.54 bits per heavy atom. The van der Waals surface area contributed by atoms with Crippen molar-refractivity contribution >= 4 is 0 Å². The van der Waals surface area contributed by atoms with Gasteiger partial charge in [0.1, 0.15) is 0 Å². The first kappa shape index (κ1) is 9.95. The van der Waals surface area contributed by atoms with Gasteiger partial charge in [-0.25, -0.2) is 4.98 Å². The van der Waals surface area contributed by atoms with Gasteiger partial charge in [-0.1, -0.05) is 6.07 Å². The molecule has 72 valence electrons. The Balaban J connectivity index is 2.67. The van der Waals surface area contributed by atoms with Crippen LogP contribution in [0.15, 0.2) is 18.2 Å². The van der Waals surface area contributed by atoms with Gasteiger partial charge in [-0.2, -0.15) is 0 Å². The first-order valence-corrected chi connectivity index (χ1v) is 4.28. The largest absolute Gasteiger partial charge is 0.475 e. The van der Waals surface area contributed by atoms with E-state index in [0.717, 1.165) is 5.69 Å². The zero-order valence-electron chi connectivity index (χ0n) is 7.95. The van der Waals surface area contributed by atoms with Crippen LogP contribution >= 0.6 is 0 Å². The van der Waals surface area contributed by atoms with Crippen molar-refractivity contribution in [3.8, 4) is 5.88 Å². The third-order valence-corrected chi connectivity index (χ3v) is 1.42. The first-order chi connectivity index (χ1) is 6.22. The van der Waals surface area contributed by atoms with Crippen molar-refractivity contribution in [3.63, 3.8) is 0 Å². The monoisotopic (exact) mass is 181 g/mol. The van der Waals surface area contributed by atoms with Crippen LogP contribution in [0.2, 0.25) is 0 Å². The summed E-state index contributed by atoms with van der Waals surface area (Å²) in [6.45, 7) is 4.49. The number of hydrazine groups is 1. The molecule has 0 saturated carbocycles. The minimum Gasteiger partial charge on any atom is -0.475 e. The van der Waals surface area contributed by atoms with Gasteiger partial charge in [-0.05, 0) is 19.9 Å². The van der Waals surface area contributed by atoms with Gasteiger partial charge in [0.15, 0.2) is 0 Å². The van der Waals surface area contributed by atoms with E-state index in [0.29, 0.717) is 12.4 Å². The lowest BCUT2D eigenvalue weighted by Crippen LogP contribution is -2.21. The van der Waals surface area contributed by atoms with Crippen molar-refractivity contribution in [2.75, 3.05) is 0 Å². The quantitative estimate of drug-likeness (QED) is 0.533. The maximum Gasteiger partial charge on any atom is 0.213 e. The molecule has 13 heavy (non-hydrogen) atoms. The second-order valence-corrected chi connectivity index (χ2v) is 3.01. The minimum absolute atomic E-state index is 0.147. The Hall–Kier alpha value is -1.13. The highest BCUT2D eigenvalue weighted by atomic mass is 16.5. The van der Waals surface area contributed by atoms with Gasteiger partial charge < -0.3 is 4.74 Å². The van der Waals surface area contributed by atoms with Crippen LogP contribution in [0.4, 0.5) is 0 Å². The number of nitrogens with one attached hydrogen (secondary N) is 1. The zero-order valence-corrected chi connectivity index (χ0v) is 7.95. The molecule has 1 heterocycles. The summed E-state index contributed by atoms with van der Waals surface area (Å²) < 4.78 is 5.42. The number of hydrogen-bond donors (Lipinski definition) is 2. The molecule has 0 aromatic carbocycles. The summed E-state index contributed by atoms with van der Waals surface area (Å²) in [5.74, 6) is 5.82. The summed E-state index contributed by atoms with van der Waals surface area (Å²) in [6, 6.07) is 5.63. The van der Waals surface area contributed by atoms with Crippen LogP contribution in [0.5, 0.6) is 5.88 Å². The van der Waals surface area contributed by atoms with Crippen LogP contribution in [0.1, 0.15) is 19.5 Å². The van der Waals surface area contributed by atoms with Crippen LogP contribution in [0.3, 0.4) is 0 Å². The molecule has 0 amide bonds. The molecule has 1 aromatic heterocycles. The standard InChI is InChI=1S/C9H15N3O/c1-7(2)13-9-5-3-4-8(12-9)6-11-10/h3-5,7,11H,6,10H2,1-2H3. The maximum atomic E-state index is 5.42. The van der Waals surface area contributed by atoms with Gasteiger partial charge in [0.2, 0.25) is 5.88 Å². The fraction of sp³-hybridized carbons (Fsp3) is 0.444. The molecule has 3 N–H and O–H groups in total. The number of ether oxygens (including phenoxy) is 1. The average molecular weight is 181 g/mol. The molecule has 0 spiro atoms. The second-order valence-electron chi connectivity index (χ2n) is 3.01. The van der Waals surface area contributed by atoms with Gasteiger partial charge in [-0.15, -0.1) is 0 Å². The number of rotatable bonds is 4. The van der Waals surface area contributed by atoms with E-state index in [4.69, 9.17) is 10.6 Å². The highest BCUT2D eigenvalue weighted by molar-refractivity contribution is 5.15. The normalized spacial score (nSPS) is 10.5. The predicted octanol–water partition coefficient (Wildman–Crippen LogP) is 0.832. The number of hydrogen-bond acceptors (Lipinski definition) is 4. The van der Waals surface area contributed by atoms with E-state index >= 15 is 0 Å². The summed E-state index contributed by atoms with van der Waals surface area (Å²) in [7, 11) is 0. The lowest BCUT2D eigenvalue weighted by atomic mass is 10.3. The highest BCUT2D eigenvalue weighted by Gasteiger charge is 1.99. The predicted molar refractivity (Wildman–Crippen MR) is 51.0 cm³/mol. The Bertz CT molecular complexity index is 263. The topological polar surface area (TPSA) is 60.2 Å². The van der Waals surface area contributed by atoms with Crippen LogP contribution in [0, 0.1) is 0 Å². The molecular weight excluding hydrogens is 166 g/mol. The molecular formula is C9H15N3O. The van der Waals surface area contributed by atoms with Crippen molar-refractivity contribution in [2.24, 2.45) is 5.84 Å². The van der Waals surface area contributed by atoms with E-state index in [-0.39, 0.29) is 6.10 Å². The molecule has 0 bridgehead atoms. The highest BCUT2D eigenvalue weighted by Crippen LogP contribution is 2.08. The summed E-state index contributed by atoms with van der Waals surface area (Å²) in [6.07, 6.45) is 0.147. The molecule has 4 nitrogen and oxygen atoms in total. The SMILES string of the molecule is CC(C)Oc1cccc(CNN)n1. The van der Waals surface area contributed by atoms with Crippen LogP contribution in [-0.2, 0) is 6.54 Å². The van der Waals surface area contributed by atoms with Crippen LogP contribution in [0.25, 0.3) is 0 Å². The fourth-order valence-corrected chi connectivity index (χ4v) is 0.968. The van der Waals surface area contributed by atoms with Gasteiger partial charge in [-0.3, -0.25) is 11.3 Å². The van der Waals surface area contributed by atoms with Crippen LogP contribution in [-0.4, -0.2) is 11.1 Å². The smallest absolute Gasteiger partial charge is 0.213 e. The molecule has 1 aromatic rings. The van der Waals surface area contributed by atoms with E-state index in [2.05, 4.69) is 10.4 Å². The molecule has 0 aliphatic carbocycles. The number of nitrogens with two attached hydrogens (primary N) is 1. The molecule has 0 saturated heterocycles. The number of pyridine rings is 1. The van der Waals surface area contributed by atoms with Crippen molar-refractivity contribution < 1.29 is 4.74 Å². The third-order valence-electron chi connectivity index (χ3n) is 1.42. The van der Waals surface area contributed by atoms with E-state index < -0.39 is 0 Å². The van der Waals surface area contributed by atoms with Gasteiger partial charge in [0, 0.05) is 6.07 Å². The molecule has 0 aliphatic heterocycles. The van der Waals surface area contributed by atoms with Crippen molar-refractivity contribution in [3.05, 3.63) is 23.9 Å². The third kappa shape index (κ3) is 3.40. The molecule has 0 atom stereocenters. The zero-order chi connectivity index (χ0) is 9.68. The summed E-state index contributed by atoms with van der Waals surface area (Å²) in [5, 5.41) is 0. The summed E-state index contributed by atoms with van der Waals surface area (Å²) in [5.41, 5.74) is 3.42. The van der Waals surface area contributed by atoms with E-state index in [9.17, 15) is 0 Å². The Morgan fingerprint density at radius 2 is 2.31 bits per heavy atom. The molecule has 0 unspecified atom stereocenters. The van der Waals surface area contributed by atoms with E-state index in [1.165, 1.54) is 0 Å². The molecule has 4 heteroatoms. The second kappa shape index (κ2) is 4.79. The fourth-order valence-electron chi connectivity index (χ4n) is 0.968. The Morgan fingerprint density at radius 3 is 2.92 bits per heavy atom. The molecule has 1 rings (SSSR count). The van der Waals surface area contributed by atoms with Crippen molar-refractivity contribution in [1.82, 2.24) is 10.4 Å². The van der Waals surface area contributed by atoms with Crippen LogP contribution < -0.4 is 16.0 Å². The number of nitrogens with zero attached hydrogens (tertiary/aromatic N) is 1. The Labute approximate surface area is 78.1 Å². The lowest BCUT2D eigenvalue weighted by molar-refractivity contribution is 0.232. The summed E-state index contributed by atoms with van der Waals surface area (Å²) in [4.78, 5) is 4.24.